The Morgan fingerprint density at radius 1 is 0.736 bits per heavy atom. The summed E-state index contributed by atoms with van der Waals surface area (Å²) in [6.07, 6.45) is -1.81. The SMILES string of the molecule is CC(=O)O[C@@H](C)C(=O)NCc1cccc(-c2ccc([C@H]3O[C@@H](CN(Cc4ccccc4)Cc4ccccc4)[C@@H](C)[C@@H](c4ccc(CO)cc4)O3)cc2)c1. The average molecular weight is 713 g/mol. The molecule has 1 amide bonds. The molecule has 1 fully saturated rings. The first-order chi connectivity index (χ1) is 25.7. The minimum absolute atomic E-state index is 0.0111. The van der Waals surface area contributed by atoms with Crippen LogP contribution >= 0.6 is 0 Å². The molecular formula is C45H48N2O6. The highest BCUT2D eigenvalue weighted by Gasteiger charge is 2.39. The molecule has 5 atom stereocenters. The number of hydrogen-bond donors (Lipinski definition) is 2. The van der Waals surface area contributed by atoms with E-state index in [1.165, 1.54) is 18.1 Å². The Morgan fingerprint density at radius 3 is 1.94 bits per heavy atom. The van der Waals surface area contributed by atoms with Gasteiger partial charge in [-0.3, -0.25) is 14.5 Å². The van der Waals surface area contributed by atoms with Crippen molar-refractivity contribution in [3.8, 4) is 11.1 Å². The van der Waals surface area contributed by atoms with Crippen LogP contribution in [0.3, 0.4) is 0 Å². The van der Waals surface area contributed by atoms with Crippen LogP contribution in [0.1, 0.15) is 66.5 Å². The Labute approximate surface area is 312 Å². The monoisotopic (exact) mass is 712 g/mol. The maximum atomic E-state index is 12.4. The Balaban J connectivity index is 1.22. The summed E-state index contributed by atoms with van der Waals surface area (Å²) in [6, 6.07) is 45.3. The molecule has 0 radical (unpaired) electrons. The predicted octanol–water partition coefficient (Wildman–Crippen LogP) is 7.91. The van der Waals surface area contributed by atoms with E-state index in [1.54, 1.807) is 6.92 Å². The number of hydrogen-bond acceptors (Lipinski definition) is 7. The van der Waals surface area contributed by atoms with Crippen LogP contribution in [0.5, 0.6) is 0 Å². The van der Waals surface area contributed by atoms with Gasteiger partial charge in [0.1, 0.15) is 0 Å². The third-order valence-corrected chi connectivity index (χ3v) is 9.68. The van der Waals surface area contributed by atoms with Gasteiger partial charge in [0.05, 0.1) is 18.8 Å². The minimum atomic E-state index is -0.856. The van der Waals surface area contributed by atoms with E-state index in [1.807, 2.05) is 60.7 Å². The van der Waals surface area contributed by atoms with E-state index in [2.05, 4.69) is 89.9 Å². The zero-order valence-electron chi connectivity index (χ0n) is 30.6. The van der Waals surface area contributed by atoms with Crippen molar-refractivity contribution in [3.63, 3.8) is 0 Å². The lowest BCUT2D eigenvalue weighted by atomic mass is 9.89. The van der Waals surface area contributed by atoms with Crippen molar-refractivity contribution >= 4 is 11.9 Å². The third-order valence-electron chi connectivity index (χ3n) is 9.68. The number of carbonyl (C=O) groups is 2. The zero-order chi connectivity index (χ0) is 37.2. The number of benzene rings is 5. The fraction of sp³-hybridized carbons (Fsp3) is 0.289. The Hall–Kier alpha value is -5.12. The molecule has 1 aliphatic rings. The van der Waals surface area contributed by atoms with Crippen molar-refractivity contribution < 1.29 is 28.9 Å². The number of aliphatic hydroxyl groups is 1. The van der Waals surface area contributed by atoms with Gasteiger partial charge >= 0.3 is 5.97 Å². The molecule has 8 heteroatoms. The van der Waals surface area contributed by atoms with Gasteiger partial charge in [-0.25, -0.2) is 0 Å². The van der Waals surface area contributed by atoms with E-state index >= 15 is 0 Å². The van der Waals surface area contributed by atoms with Gasteiger partial charge in [0.25, 0.3) is 5.91 Å². The molecule has 0 bridgehead atoms. The molecule has 0 saturated carbocycles. The highest BCUT2D eigenvalue weighted by Crippen LogP contribution is 2.42. The molecule has 1 aliphatic heterocycles. The molecule has 8 nitrogen and oxygen atoms in total. The van der Waals surface area contributed by atoms with Gasteiger partial charge in [0, 0.05) is 44.6 Å². The molecule has 0 spiro atoms. The molecule has 1 saturated heterocycles. The van der Waals surface area contributed by atoms with Gasteiger partial charge in [-0.2, -0.15) is 0 Å². The summed E-state index contributed by atoms with van der Waals surface area (Å²) in [5.41, 5.74) is 8.27. The number of nitrogens with zero attached hydrogens (tertiary/aromatic N) is 1. The van der Waals surface area contributed by atoms with Gasteiger partial charge < -0.3 is 24.6 Å². The topological polar surface area (TPSA) is 97.3 Å². The summed E-state index contributed by atoms with van der Waals surface area (Å²) in [5.74, 6) is -0.798. The smallest absolute Gasteiger partial charge is 0.303 e. The second-order valence-corrected chi connectivity index (χ2v) is 13.8. The van der Waals surface area contributed by atoms with Crippen LogP contribution in [0, 0.1) is 5.92 Å². The van der Waals surface area contributed by atoms with Crippen molar-refractivity contribution in [2.45, 2.75) is 71.6 Å². The van der Waals surface area contributed by atoms with Gasteiger partial charge in [0.2, 0.25) is 0 Å². The van der Waals surface area contributed by atoms with Crippen molar-refractivity contribution in [1.82, 2.24) is 10.2 Å². The summed E-state index contributed by atoms with van der Waals surface area (Å²) in [4.78, 5) is 26.1. The first-order valence-electron chi connectivity index (χ1n) is 18.2. The van der Waals surface area contributed by atoms with Crippen LogP contribution in [-0.4, -0.2) is 40.6 Å². The Kier molecular flexibility index (Phi) is 12.8. The van der Waals surface area contributed by atoms with Crippen molar-refractivity contribution in [3.05, 3.63) is 167 Å². The van der Waals surface area contributed by atoms with Crippen LogP contribution < -0.4 is 5.32 Å². The Bertz CT molecular complexity index is 1880. The van der Waals surface area contributed by atoms with E-state index < -0.39 is 18.4 Å². The molecule has 2 N–H and O–H groups in total. The summed E-state index contributed by atoms with van der Waals surface area (Å²) in [5, 5.41) is 12.5. The van der Waals surface area contributed by atoms with E-state index in [-0.39, 0.29) is 30.6 Å². The third kappa shape index (κ3) is 10.3. The van der Waals surface area contributed by atoms with Crippen LogP contribution in [0.15, 0.2) is 133 Å². The van der Waals surface area contributed by atoms with Gasteiger partial charge in [0.15, 0.2) is 12.4 Å². The molecule has 53 heavy (non-hydrogen) atoms. The van der Waals surface area contributed by atoms with Gasteiger partial charge in [-0.05, 0) is 51.9 Å². The quantitative estimate of drug-likeness (QED) is 0.113. The van der Waals surface area contributed by atoms with E-state index in [4.69, 9.17) is 14.2 Å². The highest BCUT2D eigenvalue weighted by atomic mass is 16.7. The summed E-state index contributed by atoms with van der Waals surface area (Å²) in [6.45, 7) is 7.61. The fourth-order valence-electron chi connectivity index (χ4n) is 6.78. The lowest BCUT2D eigenvalue weighted by Gasteiger charge is -2.43. The molecule has 5 aromatic carbocycles. The summed E-state index contributed by atoms with van der Waals surface area (Å²) in [7, 11) is 0. The lowest BCUT2D eigenvalue weighted by Crippen LogP contribution is -2.44. The molecule has 1 heterocycles. The molecule has 6 rings (SSSR count). The number of carbonyl (C=O) groups excluding carboxylic acids is 2. The summed E-state index contributed by atoms with van der Waals surface area (Å²) >= 11 is 0. The molecule has 274 valence electrons. The lowest BCUT2D eigenvalue weighted by molar-refractivity contribution is -0.276. The van der Waals surface area contributed by atoms with Crippen molar-refractivity contribution in [2.24, 2.45) is 5.92 Å². The number of nitrogens with one attached hydrogen (secondary N) is 1. The van der Waals surface area contributed by atoms with E-state index in [0.717, 1.165) is 46.5 Å². The van der Waals surface area contributed by atoms with Crippen LogP contribution in [0.2, 0.25) is 0 Å². The van der Waals surface area contributed by atoms with E-state index in [9.17, 15) is 14.7 Å². The number of aliphatic hydroxyl groups excluding tert-OH is 1. The Morgan fingerprint density at radius 2 is 1.34 bits per heavy atom. The van der Waals surface area contributed by atoms with E-state index in [0.29, 0.717) is 13.1 Å². The predicted molar refractivity (Wildman–Crippen MR) is 205 cm³/mol. The van der Waals surface area contributed by atoms with Gasteiger partial charge in [-0.15, -0.1) is 0 Å². The second kappa shape index (κ2) is 18.1. The first kappa shape index (κ1) is 37.6. The minimum Gasteiger partial charge on any atom is -0.453 e. The molecule has 5 aromatic rings. The normalized spacial score (nSPS) is 19.0. The number of ether oxygens (including phenoxy) is 3. The van der Waals surface area contributed by atoms with Crippen LogP contribution in [0.4, 0.5) is 0 Å². The van der Waals surface area contributed by atoms with Gasteiger partial charge in [-0.1, -0.05) is 134 Å². The molecule has 0 aliphatic carbocycles. The maximum absolute atomic E-state index is 12.4. The molecule has 0 unspecified atom stereocenters. The highest BCUT2D eigenvalue weighted by molar-refractivity contribution is 5.82. The largest absolute Gasteiger partial charge is 0.453 e. The average Bonchev–Trinajstić information content (AvgIpc) is 3.18. The number of rotatable bonds is 14. The second-order valence-electron chi connectivity index (χ2n) is 13.8. The number of amides is 1. The number of esters is 1. The van der Waals surface area contributed by atoms with Crippen LogP contribution in [-0.2, 0) is 50.0 Å². The van der Waals surface area contributed by atoms with Crippen molar-refractivity contribution in [1.29, 1.82) is 0 Å². The first-order valence-corrected chi connectivity index (χ1v) is 18.2. The summed E-state index contributed by atoms with van der Waals surface area (Å²) < 4.78 is 18.6. The fourth-order valence-corrected chi connectivity index (χ4v) is 6.78. The van der Waals surface area contributed by atoms with Crippen molar-refractivity contribution in [2.75, 3.05) is 6.54 Å². The maximum Gasteiger partial charge on any atom is 0.303 e. The standard InChI is InChI=1S/C45H48N2O6/c1-31-42(29-47(27-34-11-6-4-7-12-34)28-35-13-8-5-9-14-35)52-45(53-43(31)39-19-17-36(30-48)18-20-39)40-23-21-38(22-24-40)41-16-10-15-37(25-41)26-46-44(50)32(2)51-33(3)49/h4-25,31-32,42-43,45,48H,26-30H2,1-3H3,(H,46,50)/t31-,32+,42+,43+,45+/m1/s1. The van der Waals surface area contributed by atoms with Crippen LogP contribution in [0.25, 0.3) is 11.1 Å². The zero-order valence-corrected chi connectivity index (χ0v) is 30.6. The molecular weight excluding hydrogens is 665 g/mol. The molecule has 0 aromatic heterocycles.